The van der Waals surface area contributed by atoms with Gasteiger partial charge in [0.2, 0.25) is 5.91 Å². The number of nitrogens with one attached hydrogen (secondary N) is 1. The zero-order chi connectivity index (χ0) is 14.7. The monoisotopic (exact) mass is 330 g/mol. The highest BCUT2D eigenvalue weighted by Crippen LogP contribution is 2.38. The maximum atomic E-state index is 12.3. The van der Waals surface area contributed by atoms with Crippen molar-refractivity contribution in [3.05, 3.63) is 34.9 Å². The minimum Gasteiger partial charge on any atom is -0.349 e. The molecule has 0 aromatic heterocycles. The lowest BCUT2D eigenvalue weighted by atomic mass is 9.77. The van der Waals surface area contributed by atoms with Crippen molar-refractivity contribution in [2.75, 3.05) is 0 Å². The van der Waals surface area contributed by atoms with E-state index in [1.54, 1.807) is 0 Å². The van der Waals surface area contributed by atoms with Crippen LogP contribution in [0.2, 0.25) is 5.02 Å². The quantitative estimate of drug-likeness (QED) is 0.864. The van der Waals surface area contributed by atoms with Crippen molar-refractivity contribution in [2.24, 2.45) is 17.6 Å². The van der Waals surface area contributed by atoms with Crippen LogP contribution in [0.15, 0.2) is 24.3 Å². The van der Waals surface area contributed by atoms with Crippen molar-refractivity contribution in [3.63, 3.8) is 0 Å². The molecule has 1 fully saturated rings. The molecule has 0 spiro atoms. The zero-order valence-corrected chi connectivity index (χ0v) is 14.1. The van der Waals surface area contributed by atoms with Crippen molar-refractivity contribution < 1.29 is 4.79 Å². The van der Waals surface area contributed by atoms with Crippen LogP contribution in [0, 0.1) is 11.8 Å². The second-order valence-corrected chi connectivity index (χ2v) is 6.31. The van der Waals surface area contributed by atoms with Crippen LogP contribution in [0.3, 0.4) is 0 Å². The molecule has 1 saturated carbocycles. The predicted octanol–water partition coefficient (Wildman–Crippen LogP) is 3.70. The molecule has 2 rings (SSSR count). The average molecular weight is 331 g/mol. The van der Waals surface area contributed by atoms with Gasteiger partial charge in [-0.2, -0.15) is 0 Å². The molecule has 0 heterocycles. The van der Waals surface area contributed by atoms with Crippen LogP contribution in [0.25, 0.3) is 0 Å². The molecule has 3 unspecified atom stereocenters. The molecule has 3 atom stereocenters. The predicted molar refractivity (Wildman–Crippen MR) is 89.7 cm³/mol. The Hall–Kier alpha value is -0.770. The number of amides is 1. The molecule has 0 saturated heterocycles. The van der Waals surface area contributed by atoms with Gasteiger partial charge in [-0.05, 0) is 43.4 Å². The summed E-state index contributed by atoms with van der Waals surface area (Å²) in [5.74, 6) is 0.386. The largest absolute Gasteiger partial charge is 0.349 e. The number of hydrogen-bond donors (Lipinski definition) is 2. The number of benzene rings is 1. The van der Waals surface area contributed by atoms with E-state index < -0.39 is 0 Å². The molecule has 0 bridgehead atoms. The maximum Gasteiger partial charge on any atom is 0.224 e. The molecule has 1 aromatic rings. The van der Waals surface area contributed by atoms with Gasteiger partial charge in [0.05, 0.1) is 6.04 Å². The fourth-order valence-corrected chi connectivity index (χ4v) is 2.57. The Morgan fingerprint density at radius 2 is 1.86 bits per heavy atom. The lowest BCUT2D eigenvalue weighted by Crippen LogP contribution is -2.43. The molecule has 21 heavy (non-hydrogen) atoms. The Balaban J connectivity index is 0.00000220. The van der Waals surface area contributed by atoms with Gasteiger partial charge in [0.1, 0.15) is 0 Å². The summed E-state index contributed by atoms with van der Waals surface area (Å²) >= 11 is 5.94. The van der Waals surface area contributed by atoms with Crippen molar-refractivity contribution in [3.8, 4) is 0 Å². The van der Waals surface area contributed by atoms with Gasteiger partial charge >= 0.3 is 0 Å². The number of rotatable bonds is 5. The van der Waals surface area contributed by atoms with Crippen LogP contribution in [0.1, 0.15) is 44.7 Å². The second-order valence-electron chi connectivity index (χ2n) is 5.88. The molecule has 3 nitrogen and oxygen atoms in total. The van der Waals surface area contributed by atoms with E-state index in [2.05, 4.69) is 5.32 Å². The lowest BCUT2D eigenvalue weighted by molar-refractivity contribution is -0.126. The van der Waals surface area contributed by atoms with E-state index in [9.17, 15) is 4.79 Å². The van der Waals surface area contributed by atoms with Crippen LogP contribution < -0.4 is 11.1 Å². The third-order valence-corrected chi connectivity index (χ3v) is 4.60. The summed E-state index contributed by atoms with van der Waals surface area (Å²) < 4.78 is 0. The first-order chi connectivity index (χ1) is 9.49. The van der Waals surface area contributed by atoms with E-state index in [1.807, 2.05) is 38.1 Å². The van der Waals surface area contributed by atoms with Crippen LogP contribution in [-0.4, -0.2) is 11.9 Å². The summed E-state index contributed by atoms with van der Waals surface area (Å²) in [7, 11) is 0. The van der Waals surface area contributed by atoms with Crippen LogP contribution in [-0.2, 0) is 4.79 Å². The van der Waals surface area contributed by atoms with Crippen molar-refractivity contribution in [1.82, 2.24) is 5.32 Å². The normalized spacial score (nSPS) is 18.9. The Bertz CT molecular complexity index is 458. The van der Waals surface area contributed by atoms with E-state index >= 15 is 0 Å². The molecule has 3 N–H and O–H groups in total. The number of hydrogen-bond acceptors (Lipinski definition) is 2. The number of carbonyl (C=O) groups excluding carboxylic acids is 1. The van der Waals surface area contributed by atoms with Gasteiger partial charge in [0.15, 0.2) is 0 Å². The van der Waals surface area contributed by atoms with Gasteiger partial charge in [-0.1, -0.05) is 37.1 Å². The average Bonchev–Trinajstić information content (AvgIpc) is 2.35. The molecule has 0 radical (unpaired) electrons. The number of nitrogens with two attached hydrogens (primary N) is 1. The summed E-state index contributed by atoms with van der Waals surface area (Å²) in [6, 6.07) is 7.70. The molecule has 1 aliphatic carbocycles. The van der Waals surface area contributed by atoms with E-state index in [1.165, 1.54) is 19.3 Å². The van der Waals surface area contributed by atoms with Crippen LogP contribution in [0.4, 0.5) is 0 Å². The topological polar surface area (TPSA) is 55.1 Å². The molecule has 5 heteroatoms. The van der Waals surface area contributed by atoms with Gasteiger partial charge in [0, 0.05) is 17.0 Å². The minimum atomic E-state index is -0.176. The maximum absolute atomic E-state index is 12.3. The summed E-state index contributed by atoms with van der Waals surface area (Å²) in [6.07, 6.45) is 3.58. The fraction of sp³-hybridized carbons (Fsp3) is 0.562. The highest BCUT2D eigenvalue weighted by atomic mass is 35.5. The van der Waals surface area contributed by atoms with Crippen LogP contribution in [0.5, 0.6) is 0 Å². The summed E-state index contributed by atoms with van der Waals surface area (Å²) in [5, 5.41) is 3.89. The smallest absolute Gasteiger partial charge is 0.224 e. The first-order valence-electron chi connectivity index (χ1n) is 7.30. The minimum absolute atomic E-state index is 0. The Morgan fingerprint density at radius 1 is 1.29 bits per heavy atom. The van der Waals surface area contributed by atoms with Crippen molar-refractivity contribution in [2.45, 2.75) is 45.2 Å². The lowest BCUT2D eigenvalue weighted by Gasteiger charge is -2.35. The third-order valence-electron chi connectivity index (χ3n) is 4.35. The standard InChI is InChI=1S/C16H23ClN2O.ClH/c1-10(11(2)18)16(20)19-15(12-4-3-5-12)13-6-8-14(17)9-7-13;/h6-12,15H,3-5,18H2,1-2H3,(H,19,20);1H. The Labute approximate surface area is 138 Å². The van der Waals surface area contributed by atoms with Crippen LogP contribution >= 0.6 is 24.0 Å². The highest BCUT2D eigenvalue weighted by molar-refractivity contribution is 6.30. The first kappa shape index (κ1) is 18.3. The third kappa shape index (κ3) is 4.60. The van der Waals surface area contributed by atoms with E-state index in [-0.39, 0.29) is 36.3 Å². The first-order valence-corrected chi connectivity index (χ1v) is 7.68. The molecule has 118 valence electrons. The van der Waals surface area contributed by atoms with E-state index in [4.69, 9.17) is 17.3 Å². The molecule has 0 aliphatic heterocycles. The molecular weight excluding hydrogens is 307 g/mol. The highest BCUT2D eigenvalue weighted by Gasteiger charge is 2.31. The van der Waals surface area contributed by atoms with Gasteiger partial charge < -0.3 is 11.1 Å². The zero-order valence-electron chi connectivity index (χ0n) is 12.5. The fourth-order valence-electron chi connectivity index (χ4n) is 2.44. The molecule has 1 aromatic carbocycles. The number of carbonyl (C=O) groups is 1. The summed E-state index contributed by atoms with van der Waals surface area (Å²) in [5.41, 5.74) is 6.94. The van der Waals surface area contributed by atoms with E-state index in [0.29, 0.717) is 5.92 Å². The SMILES string of the molecule is CC(N)C(C)C(=O)NC(c1ccc(Cl)cc1)C1CCC1.Cl. The summed E-state index contributed by atoms with van der Waals surface area (Å²) in [6.45, 7) is 3.74. The van der Waals surface area contributed by atoms with Gasteiger partial charge in [0.25, 0.3) is 0 Å². The Kier molecular flexibility index (Phi) is 6.98. The summed E-state index contributed by atoms with van der Waals surface area (Å²) in [4.78, 5) is 12.3. The van der Waals surface area contributed by atoms with Crippen molar-refractivity contribution >= 4 is 29.9 Å². The molecular formula is C16H24Cl2N2O. The van der Waals surface area contributed by atoms with Gasteiger partial charge in [-0.3, -0.25) is 4.79 Å². The van der Waals surface area contributed by atoms with E-state index in [0.717, 1.165) is 10.6 Å². The Morgan fingerprint density at radius 3 is 2.29 bits per heavy atom. The number of halogens is 2. The van der Waals surface area contributed by atoms with Crippen molar-refractivity contribution in [1.29, 1.82) is 0 Å². The van der Waals surface area contributed by atoms with Gasteiger partial charge in [-0.15, -0.1) is 12.4 Å². The molecule has 1 aliphatic rings. The van der Waals surface area contributed by atoms with Gasteiger partial charge in [-0.25, -0.2) is 0 Å². The molecule has 1 amide bonds. The second kappa shape index (κ2) is 8.02.